The van der Waals surface area contributed by atoms with E-state index in [2.05, 4.69) is 45.2 Å². The Bertz CT molecular complexity index is 1320. The molecule has 1 aliphatic heterocycles. The Kier molecular flexibility index (Phi) is 7.80. The molecule has 1 heterocycles. The van der Waals surface area contributed by atoms with E-state index in [9.17, 15) is 19.7 Å². The molecule has 0 aromatic heterocycles. The largest absolute Gasteiger partial charge is 0.487 e. The number of imide groups is 1. The number of carbonyl (C=O) groups is 2. The quantitative estimate of drug-likeness (QED) is 0.115. The van der Waals surface area contributed by atoms with Gasteiger partial charge in [-0.1, -0.05) is 23.7 Å². The number of halogens is 3. The molecule has 34 heavy (non-hydrogen) atoms. The zero-order chi connectivity index (χ0) is 24.4. The van der Waals surface area contributed by atoms with Gasteiger partial charge in [0.25, 0.3) is 16.8 Å². The van der Waals surface area contributed by atoms with Crippen molar-refractivity contribution in [2.45, 2.75) is 6.61 Å². The van der Waals surface area contributed by atoms with Crippen molar-refractivity contribution in [3.63, 3.8) is 0 Å². The fourth-order valence-electron chi connectivity index (χ4n) is 3.13. The number of hydrogen-bond donors (Lipinski definition) is 0. The Hall–Kier alpha value is -2.16. The molecule has 3 aromatic rings. The van der Waals surface area contributed by atoms with Crippen molar-refractivity contribution in [3.05, 3.63) is 99.0 Å². The molecule has 1 fully saturated rings. The van der Waals surface area contributed by atoms with Gasteiger partial charge in [-0.3, -0.25) is 19.7 Å². The molecule has 2 amide bonds. The molecule has 3 aromatic carbocycles. The smallest absolute Gasteiger partial charge is 0.298 e. The minimum absolute atomic E-state index is 0.0243. The standard InChI is InChI=1S/C23H13ClI2N2O5S/c24-16-3-1-2-4-19(16)27-22(29)20(34-23(27)30)11-14-9-17(25)21(18(26)10-14)33-12-13-5-7-15(8-6-13)28(31)32/h1-11H,12H2/b20-11-. The summed E-state index contributed by atoms with van der Waals surface area (Å²) in [6, 6.07) is 16.6. The molecule has 0 spiro atoms. The van der Waals surface area contributed by atoms with E-state index in [-0.39, 0.29) is 12.3 Å². The summed E-state index contributed by atoms with van der Waals surface area (Å²) in [5.41, 5.74) is 1.93. The Morgan fingerprint density at radius 3 is 2.32 bits per heavy atom. The van der Waals surface area contributed by atoms with Crippen LogP contribution in [0.5, 0.6) is 5.75 Å². The predicted octanol–water partition coefficient (Wildman–Crippen LogP) is 7.28. The molecule has 0 atom stereocenters. The summed E-state index contributed by atoms with van der Waals surface area (Å²) in [5.74, 6) is 0.243. The highest BCUT2D eigenvalue weighted by molar-refractivity contribution is 14.1. The second-order valence-corrected chi connectivity index (χ2v) is 10.7. The number of nitrogens with zero attached hydrogens (tertiary/aromatic N) is 2. The molecule has 1 aliphatic rings. The number of ether oxygens (including phenoxy) is 1. The lowest BCUT2D eigenvalue weighted by Crippen LogP contribution is -2.27. The van der Waals surface area contributed by atoms with Crippen LogP contribution in [-0.4, -0.2) is 16.1 Å². The predicted molar refractivity (Wildman–Crippen MR) is 149 cm³/mol. The van der Waals surface area contributed by atoms with Crippen molar-refractivity contribution >= 4 is 97.1 Å². The van der Waals surface area contributed by atoms with Gasteiger partial charge in [-0.2, -0.15) is 0 Å². The van der Waals surface area contributed by atoms with Crippen LogP contribution >= 0.6 is 68.5 Å². The summed E-state index contributed by atoms with van der Waals surface area (Å²) < 4.78 is 7.59. The third kappa shape index (κ3) is 5.39. The normalized spacial score (nSPS) is 14.7. The van der Waals surface area contributed by atoms with E-state index in [1.807, 2.05) is 12.1 Å². The zero-order valence-electron chi connectivity index (χ0n) is 17.0. The van der Waals surface area contributed by atoms with Crippen LogP contribution in [0.2, 0.25) is 5.02 Å². The van der Waals surface area contributed by atoms with Crippen LogP contribution in [-0.2, 0) is 11.4 Å². The number of amides is 2. The van der Waals surface area contributed by atoms with Gasteiger partial charge in [0.1, 0.15) is 12.4 Å². The Morgan fingerprint density at radius 2 is 1.71 bits per heavy atom. The Morgan fingerprint density at radius 1 is 1.06 bits per heavy atom. The zero-order valence-corrected chi connectivity index (χ0v) is 22.9. The summed E-state index contributed by atoms with van der Waals surface area (Å²) in [6.45, 7) is 0.250. The van der Waals surface area contributed by atoms with Crippen molar-refractivity contribution in [1.29, 1.82) is 0 Å². The van der Waals surface area contributed by atoms with E-state index >= 15 is 0 Å². The molecule has 0 aliphatic carbocycles. The summed E-state index contributed by atoms with van der Waals surface area (Å²) >= 11 is 11.3. The second-order valence-electron chi connectivity index (χ2n) is 6.99. The number of para-hydroxylation sites is 1. The van der Waals surface area contributed by atoms with Gasteiger partial charge in [0.05, 0.1) is 27.7 Å². The molecule has 172 valence electrons. The average Bonchev–Trinajstić information content (AvgIpc) is 3.06. The van der Waals surface area contributed by atoms with Crippen LogP contribution < -0.4 is 9.64 Å². The number of thioether (sulfide) groups is 1. The van der Waals surface area contributed by atoms with Crippen molar-refractivity contribution < 1.29 is 19.2 Å². The van der Waals surface area contributed by atoms with Crippen LogP contribution in [0.4, 0.5) is 16.2 Å². The number of anilines is 1. The highest BCUT2D eigenvalue weighted by atomic mass is 127. The fraction of sp³-hybridized carbons (Fsp3) is 0.0435. The van der Waals surface area contributed by atoms with E-state index < -0.39 is 16.1 Å². The number of non-ortho nitro benzene ring substituents is 1. The molecule has 0 radical (unpaired) electrons. The Balaban J connectivity index is 1.52. The average molecular weight is 719 g/mol. The van der Waals surface area contributed by atoms with E-state index in [4.69, 9.17) is 16.3 Å². The number of nitro benzene ring substituents is 1. The monoisotopic (exact) mass is 718 g/mol. The van der Waals surface area contributed by atoms with Gasteiger partial charge in [0.2, 0.25) is 0 Å². The van der Waals surface area contributed by atoms with Crippen molar-refractivity contribution in [1.82, 2.24) is 0 Å². The van der Waals surface area contributed by atoms with Crippen molar-refractivity contribution in [2.75, 3.05) is 4.90 Å². The van der Waals surface area contributed by atoms with E-state index in [1.54, 1.807) is 42.5 Å². The van der Waals surface area contributed by atoms with Crippen LogP contribution in [0.15, 0.2) is 65.6 Å². The van der Waals surface area contributed by atoms with Gasteiger partial charge in [0, 0.05) is 12.1 Å². The summed E-state index contributed by atoms with van der Waals surface area (Å²) in [6.07, 6.45) is 1.67. The molecule has 11 heteroatoms. The highest BCUT2D eigenvalue weighted by Crippen LogP contribution is 2.39. The molecule has 0 unspecified atom stereocenters. The maximum absolute atomic E-state index is 12.9. The molecule has 0 saturated carbocycles. The van der Waals surface area contributed by atoms with Gasteiger partial charge in [-0.05, 0) is 111 Å². The maximum atomic E-state index is 12.9. The fourth-order valence-corrected chi connectivity index (χ4v) is 6.31. The number of nitro groups is 1. The molecule has 4 rings (SSSR count). The molecule has 1 saturated heterocycles. The van der Waals surface area contributed by atoms with E-state index in [0.717, 1.165) is 34.9 Å². The first-order valence-electron chi connectivity index (χ1n) is 9.62. The van der Waals surface area contributed by atoms with Gasteiger partial charge in [-0.15, -0.1) is 0 Å². The maximum Gasteiger partial charge on any atom is 0.298 e. The van der Waals surface area contributed by atoms with E-state index in [0.29, 0.717) is 21.4 Å². The van der Waals surface area contributed by atoms with Crippen LogP contribution in [0.1, 0.15) is 11.1 Å². The highest BCUT2D eigenvalue weighted by Gasteiger charge is 2.37. The van der Waals surface area contributed by atoms with E-state index in [1.165, 1.54) is 12.1 Å². The third-order valence-electron chi connectivity index (χ3n) is 4.74. The number of carbonyl (C=O) groups excluding carboxylic acids is 2. The topological polar surface area (TPSA) is 89.7 Å². The van der Waals surface area contributed by atoms with Crippen molar-refractivity contribution in [2.24, 2.45) is 0 Å². The Labute approximate surface area is 230 Å². The SMILES string of the molecule is O=C1S/C(=C\c2cc(I)c(OCc3ccc([N+](=O)[O-])cc3)c(I)c2)C(=O)N1c1ccccc1Cl. The second kappa shape index (κ2) is 10.6. The summed E-state index contributed by atoms with van der Waals surface area (Å²) in [5, 5.41) is 10.7. The summed E-state index contributed by atoms with van der Waals surface area (Å²) in [4.78, 5) is 37.2. The van der Waals surface area contributed by atoms with Crippen LogP contribution in [0.3, 0.4) is 0 Å². The first-order chi connectivity index (χ1) is 16.2. The molecule has 7 nitrogen and oxygen atoms in total. The lowest BCUT2D eigenvalue weighted by atomic mass is 10.2. The third-order valence-corrected chi connectivity index (χ3v) is 7.53. The molecule has 0 bridgehead atoms. The lowest BCUT2D eigenvalue weighted by Gasteiger charge is -2.13. The summed E-state index contributed by atoms with van der Waals surface area (Å²) in [7, 11) is 0. The number of rotatable bonds is 6. The van der Waals surface area contributed by atoms with Gasteiger partial charge in [0.15, 0.2) is 0 Å². The van der Waals surface area contributed by atoms with Crippen LogP contribution in [0, 0.1) is 17.3 Å². The number of hydrogen-bond acceptors (Lipinski definition) is 6. The first-order valence-corrected chi connectivity index (χ1v) is 13.0. The van der Waals surface area contributed by atoms with Gasteiger partial charge >= 0.3 is 0 Å². The minimum atomic E-state index is -0.446. The van der Waals surface area contributed by atoms with Gasteiger partial charge < -0.3 is 4.74 Å². The van der Waals surface area contributed by atoms with Crippen LogP contribution in [0.25, 0.3) is 6.08 Å². The molecular weight excluding hydrogens is 706 g/mol. The minimum Gasteiger partial charge on any atom is -0.487 e. The number of benzene rings is 3. The molecular formula is C23H13ClI2N2O5S. The van der Waals surface area contributed by atoms with Gasteiger partial charge in [-0.25, -0.2) is 4.90 Å². The first kappa shape index (κ1) is 24.9. The molecule has 0 N–H and O–H groups in total. The lowest BCUT2D eigenvalue weighted by molar-refractivity contribution is -0.384. The van der Waals surface area contributed by atoms with Crippen molar-refractivity contribution in [3.8, 4) is 5.75 Å².